The van der Waals surface area contributed by atoms with Crippen molar-refractivity contribution in [2.75, 3.05) is 0 Å². The molecule has 19 heavy (non-hydrogen) atoms. The Hall–Kier alpha value is -0.970. The highest BCUT2D eigenvalue weighted by molar-refractivity contribution is 4.98. The summed E-state index contributed by atoms with van der Waals surface area (Å²) in [5, 5.41) is 11.8. The fourth-order valence-electron chi connectivity index (χ4n) is 5.32. The molecule has 1 aromatic rings. The van der Waals surface area contributed by atoms with Crippen LogP contribution in [0.15, 0.2) is 0 Å². The van der Waals surface area contributed by atoms with Gasteiger partial charge in [0.15, 0.2) is 5.82 Å². The summed E-state index contributed by atoms with van der Waals surface area (Å²) in [6, 6.07) is 0. The molecule has 5 nitrogen and oxygen atoms in total. The van der Waals surface area contributed by atoms with Gasteiger partial charge in [0.25, 0.3) is 0 Å². The molecule has 0 atom stereocenters. The predicted molar refractivity (Wildman–Crippen MR) is 70.9 cm³/mol. The van der Waals surface area contributed by atoms with Gasteiger partial charge in [0.1, 0.15) is 0 Å². The number of rotatable bonds is 4. The minimum atomic E-state index is 0.439. The van der Waals surface area contributed by atoms with E-state index >= 15 is 0 Å². The Bertz CT molecular complexity index is 426. The van der Waals surface area contributed by atoms with Crippen molar-refractivity contribution in [2.24, 2.45) is 35.3 Å². The molecule has 0 saturated heterocycles. The first kappa shape index (κ1) is 11.8. The standard InChI is InChI=1S/C14H23N5/c15-8-14-16-17-18-19(14)2-1-13-11-4-9-3-10(6-11)7-12(13)5-9/h9-13H,1-8,15H2. The average molecular weight is 261 g/mol. The van der Waals surface area contributed by atoms with Crippen molar-refractivity contribution in [2.45, 2.75) is 51.6 Å². The molecule has 4 aliphatic carbocycles. The quantitative estimate of drug-likeness (QED) is 0.893. The van der Waals surface area contributed by atoms with Crippen LogP contribution in [-0.2, 0) is 13.1 Å². The van der Waals surface area contributed by atoms with Crippen LogP contribution in [0.1, 0.15) is 44.3 Å². The van der Waals surface area contributed by atoms with Crippen LogP contribution in [0, 0.1) is 29.6 Å². The van der Waals surface area contributed by atoms with Crippen molar-refractivity contribution < 1.29 is 0 Å². The summed E-state index contributed by atoms with van der Waals surface area (Å²) in [6.07, 6.45) is 8.76. The lowest BCUT2D eigenvalue weighted by Crippen LogP contribution is -2.45. The van der Waals surface area contributed by atoms with Crippen molar-refractivity contribution in [3.05, 3.63) is 5.82 Å². The van der Waals surface area contributed by atoms with Crippen LogP contribution in [0.3, 0.4) is 0 Å². The average Bonchev–Trinajstić information content (AvgIpc) is 2.84. The highest BCUT2D eigenvalue weighted by Crippen LogP contribution is 2.57. The zero-order valence-corrected chi connectivity index (χ0v) is 11.4. The Morgan fingerprint density at radius 2 is 1.74 bits per heavy atom. The second kappa shape index (κ2) is 4.54. The zero-order chi connectivity index (χ0) is 12.8. The van der Waals surface area contributed by atoms with E-state index in [1.165, 1.54) is 38.5 Å². The summed E-state index contributed by atoms with van der Waals surface area (Å²) in [7, 11) is 0. The highest BCUT2D eigenvalue weighted by Gasteiger charge is 2.47. The Morgan fingerprint density at radius 3 is 2.37 bits per heavy atom. The molecule has 4 bridgehead atoms. The number of aryl methyl sites for hydroxylation is 1. The molecule has 4 saturated carbocycles. The summed E-state index contributed by atoms with van der Waals surface area (Å²) < 4.78 is 1.91. The maximum Gasteiger partial charge on any atom is 0.164 e. The molecule has 0 amide bonds. The van der Waals surface area contributed by atoms with E-state index in [1.54, 1.807) is 0 Å². The van der Waals surface area contributed by atoms with E-state index < -0.39 is 0 Å². The van der Waals surface area contributed by atoms with Gasteiger partial charge in [-0.1, -0.05) is 0 Å². The Kier molecular flexibility index (Phi) is 2.83. The number of aromatic nitrogens is 4. The summed E-state index contributed by atoms with van der Waals surface area (Å²) in [4.78, 5) is 0. The Morgan fingerprint density at radius 1 is 1.05 bits per heavy atom. The van der Waals surface area contributed by atoms with Gasteiger partial charge >= 0.3 is 0 Å². The fraction of sp³-hybridized carbons (Fsp3) is 0.929. The molecule has 1 aromatic heterocycles. The van der Waals surface area contributed by atoms with Crippen molar-refractivity contribution in [1.29, 1.82) is 0 Å². The number of tetrazole rings is 1. The molecule has 5 heteroatoms. The fourth-order valence-corrected chi connectivity index (χ4v) is 5.32. The minimum absolute atomic E-state index is 0.439. The van der Waals surface area contributed by atoms with Crippen molar-refractivity contribution in [1.82, 2.24) is 20.2 Å². The van der Waals surface area contributed by atoms with Gasteiger partial charge in [0.05, 0.1) is 6.54 Å². The van der Waals surface area contributed by atoms with E-state index in [9.17, 15) is 0 Å². The first-order valence-electron chi connectivity index (χ1n) is 7.78. The van der Waals surface area contributed by atoms with Gasteiger partial charge in [-0.2, -0.15) is 0 Å². The maximum atomic E-state index is 5.66. The predicted octanol–water partition coefficient (Wildman–Crippen LogP) is 1.59. The SMILES string of the molecule is NCc1nnnn1CCC1C2CC3CC(C2)CC1C3. The molecule has 0 spiro atoms. The topological polar surface area (TPSA) is 69.6 Å². The monoisotopic (exact) mass is 261 g/mol. The third-order valence-electron chi connectivity index (χ3n) is 5.88. The summed E-state index contributed by atoms with van der Waals surface area (Å²) in [5.41, 5.74) is 5.66. The van der Waals surface area contributed by atoms with E-state index in [2.05, 4.69) is 15.5 Å². The van der Waals surface area contributed by atoms with Crippen LogP contribution in [-0.4, -0.2) is 20.2 Å². The highest BCUT2D eigenvalue weighted by atomic mass is 15.5. The summed E-state index contributed by atoms with van der Waals surface area (Å²) in [5.74, 6) is 5.85. The van der Waals surface area contributed by atoms with E-state index in [-0.39, 0.29) is 0 Å². The number of hydrogen-bond acceptors (Lipinski definition) is 4. The van der Waals surface area contributed by atoms with Crippen LogP contribution >= 0.6 is 0 Å². The van der Waals surface area contributed by atoms with Crippen molar-refractivity contribution in [3.63, 3.8) is 0 Å². The molecule has 0 aliphatic heterocycles. The number of nitrogens with two attached hydrogens (primary N) is 1. The van der Waals surface area contributed by atoms with E-state index in [4.69, 9.17) is 5.73 Å². The summed E-state index contributed by atoms with van der Waals surface area (Å²) in [6.45, 7) is 1.39. The van der Waals surface area contributed by atoms with Crippen LogP contribution < -0.4 is 5.73 Å². The van der Waals surface area contributed by atoms with Gasteiger partial charge in [0.2, 0.25) is 0 Å². The molecule has 1 heterocycles. The summed E-state index contributed by atoms with van der Waals surface area (Å²) >= 11 is 0. The van der Waals surface area contributed by atoms with Crippen LogP contribution in [0.2, 0.25) is 0 Å². The van der Waals surface area contributed by atoms with Crippen LogP contribution in [0.25, 0.3) is 0 Å². The second-order valence-corrected chi connectivity index (χ2v) is 6.91. The van der Waals surface area contributed by atoms with Gasteiger partial charge in [-0.3, -0.25) is 0 Å². The first-order chi connectivity index (χ1) is 9.33. The lowest BCUT2D eigenvalue weighted by atomic mass is 9.51. The van der Waals surface area contributed by atoms with Gasteiger partial charge in [-0.05, 0) is 78.5 Å². The number of nitrogens with zero attached hydrogens (tertiary/aromatic N) is 4. The molecule has 4 fully saturated rings. The van der Waals surface area contributed by atoms with E-state index in [1.807, 2.05) is 4.68 Å². The van der Waals surface area contributed by atoms with Crippen LogP contribution in [0.5, 0.6) is 0 Å². The lowest BCUT2D eigenvalue weighted by Gasteiger charge is -2.54. The largest absolute Gasteiger partial charge is 0.324 e. The van der Waals surface area contributed by atoms with Crippen LogP contribution in [0.4, 0.5) is 0 Å². The third kappa shape index (κ3) is 1.98. The Balaban J connectivity index is 1.43. The zero-order valence-electron chi connectivity index (χ0n) is 11.4. The molecule has 5 rings (SSSR count). The molecule has 0 unspecified atom stereocenters. The van der Waals surface area contributed by atoms with Gasteiger partial charge in [-0.25, -0.2) is 4.68 Å². The maximum absolute atomic E-state index is 5.66. The lowest BCUT2D eigenvalue weighted by molar-refractivity contribution is -0.0414. The third-order valence-corrected chi connectivity index (χ3v) is 5.88. The van der Waals surface area contributed by atoms with Crippen molar-refractivity contribution in [3.8, 4) is 0 Å². The van der Waals surface area contributed by atoms with Crippen molar-refractivity contribution >= 4 is 0 Å². The van der Waals surface area contributed by atoms with Gasteiger partial charge in [-0.15, -0.1) is 5.10 Å². The first-order valence-corrected chi connectivity index (χ1v) is 7.78. The molecule has 0 radical (unpaired) electrons. The number of hydrogen-bond donors (Lipinski definition) is 1. The second-order valence-electron chi connectivity index (χ2n) is 6.91. The minimum Gasteiger partial charge on any atom is -0.324 e. The molecule has 104 valence electrons. The molecule has 2 N–H and O–H groups in total. The normalized spacial score (nSPS) is 39.9. The molecule has 4 aliphatic rings. The Labute approximate surface area is 113 Å². The van der Waals surface area contributed by atoms with E-state index in [0.29, 0.717) is 6.54 Å². The molecule has 0 aromatic carbocycles. The molecular formula is C14H23N5. The van der Waals surface area contributed by atoms with Gasteiger partial charge < -0.3 is 5.73 Å². The smallest absolute Gasteiger partial charge is 0.164 e. The van der Waals surface area contributed by atoms with Gasteiger partial charge in [0, 0.05) is 6.54 Å². The molecular weight excluding hydrogens is 238 g/mol. The van der Waals surface area contributed by atoms with E-state index in [0.717, 1.165) is 42.0 Å².